The Balaban J connectivity index is 0.000000444. The number of benzene rings is 2. The summed E-state index contributed by atoms with van der Waals surface area (Å²) in [6.45, 7) is 23.2. The molecule has 0 bridgehead atoms. The van der Waals surface area contributed by atoms with Gasteiger partial charge in [-0.25, -0.2) is 0 Å². The minimum Gasteiger partial charge on any atom is -0.0955 e. The van der Waals surface area contributed by atoms with Gasteiger partial charge >= 0.3 is 0 Å². The second-order valence-electron chi connectivity index (χ2n) is 7.83. The third-order valence-electron chi connectivity index (χ3n) is 4.50. The number of aryl methyl sites for hydroxylation is 1. The van der Waals surface area contributed by atoms with Crippen molar-refractivity contribution in [1.82, 2.24) is 0 Å². The molecule has 0 spiro atoms. The molecule has 144 valence electrons. The summed E-state index contributed by atoms with van der Waals surface area (Å²) in [6.07, 6.45) is 1.23. The molecule has 0 nitrogen and oxygen atoms in total. The van der Waals surface area contributed by atoms with E-state index in [0.29, 0.717) is 5.92 Å². The normalized spacial score (nSPS) is 11.4. The summed E-state index contributed by atoms with van der Waals surface area (Å²) in [7, 11) is 0. The Morgan fingerprint density at radius 2 is 1.38 bits per heavy atom. The molecule has 0 N–H and O–H groups in total. The van der Waals surface area contributed by atoms with Crippen molar-refractivity contribution in [2.24, 2.45) is 0 Å². The first-order valence-electron chi connectivity index (χ1n) is 9.98. The Labute approximate surface area is 163 Å². The molecule has 1 unspecified atom stereocenters. The predicted molar refractivity (Wildman–Crippen MR) is 121 cm³/mol. The fourth-order valence-corrected chi connectivity index (χ4v) is 2.39. The third kappa shape index (κ3) is 8.52. The molecule has 0 aliphatic rings. The van der Waals surface area contributed by atoms with Crippen LogP contribution in [0.15, 0.2) is 55.1 Å². The van der Waals surface area contributed by atoms with E-state index < -0.39 is 0 Å². The zero-order chi connectivity index (χ0) is 20.3. The van der Waals surface area contributed by atoms with Crippen LogP contribution in [0, 0.1) is 6.92 Å². The van der Waals surface area contributed by atoms with Crippen molar-refractivity contribution in [3.05, 3.63) is 77.4 Å². The minimum absolute atomic E-state index is 0.244. The summed E-state index contributed by atoms with van der Waals surface area (Å²) >= 11 is 0. The summed E-state index contributed by atoms with van der Waals surface area (Å²) in [5.74, 6) is 0.704. The van der Waals surface area contributed by atoms with Gasteiger partial charge in [0.25, 0.3) is 0 Å². The molecule has 0 fully saturated rings. The highest BCUT2D eigenvalue weighted by molar-refractivity contribution is 5.61. The van der Waals surface area contributed by atoms with Crippen LogP contribution >= 0.6 is 0 Å². The highest BCUT2D eigenvalue weighted by Gasteiger charge is 2.12. The van der Waals surface area contributed by atoms with E-state index in [1.54, 1.807) is 0 Å². The summed E-state index contributed by atoms with van der Waals surface area (Å²) in [6, 6.07) is 17.5. The lowest BCUT2D eigenvalue weighted by molar-refractivity contribution is 0.590. The summed E-state index contributed by atoms with van der Waals surface area (Å²) in [5, 5.41) is 0. The van der Waals surface area contributed by atoms with E-state index >= 15 is 0 Å². The topological polar surface area (TPSA) is 0 Å². The molecule has 0 aliphatic carbocycles. The third-order valence-corrected chi connectivity index (χ3v) is 4.50. The van der Waals surface area contributed by atoms with Gasteiger partial charge in [-0.2, -0.15) is 0 Å². The lowest BCUT2D eigenvalue weighted by Crippen LogP contribution is -2.10. The van der Waals surface area contributed by atoms with E-state index in [1.807, 2.05) is 20.8 Å². The smallest absolute Gasteiger partial charge is 0.0132 e. The van der Waals surface area contributed by atoms with E-state index in [2.05, 4.69) is 96.7 Å². The molecule has 0 aromatic heterocycles. The summed E-state index contributed by atoms with van der Waals surface area (Å²) in [4.78, 5) is 0. The molecule has 0 amide bonds. The van der Waals surface area contributed by atoms with Crippen molar-refractivity contribution in [2.45, 2.75) is 80.1 Å². The number of hydrogen-bond acceptors (Lipinski definition) is 0. The molecular weight excluding hydrogens is 312 g/mol. The molecule has 0 heteroatoms. The van der Waals surface area contributed by atoms with Gasteiger partial charge < -0.3 is 0 Å². The van der Waals surface area contributed by atoms with Gasteiger partial charge in [0.1, 0.15) is 0 Å². The monoisotopic (exact) mass is 352 g/mol. The molecule has 26 heavy (non-hydrogen) atoms. The number of allylic oxidation sites excluding steroid dienone is 1. The standard InChI is InChI=1S/C13H18.C11H16.C2H6/c1-10(2)11-6-8-12(9-7-11)13(3,4)5;1-4-10(3)11-7-5-9(2)6-8-11;1-2/h6-9H,1H2,2-5H3;5-8,10H,4H2,1-3H3;1-2H3. The van der Waals surface area contributed by atoms with Crippen LogP contribution in [0.4, 0.5) is 0 Å². The van der Waals surface area contributed by atoms with E-state index in [0.717, 1.165) is 5.57 Å². The van der Waals surface area contributed by atoms with Gasteiger partial charge in [-0.3, -0.25) is 0 Å². The second-order valence-corrected chi connectivity index (χ2v) is 7.83. The van der Waals surface area contributed by atoms with Crippen molar-refractivity contribution < 1.29 is 0 Å². The van der Waals surface area contributed by atoms with E-state index in [1.165, 1.54) is 28.7 Å². The first-order valence-corrected chi connectivity index (χ1v) is 9.98. The Hall–Kier alpha value is -1.82. The summed E-state index contributed by atoms with van der Waals surface area (Å²) in [5.41, 5.74) is 6.77. The van der Waals surface area contributed by atoms with Crippen LogP contribution in [-0.4, -0.2) is 0 Å². The van der Waals surface area contributed by atoms with Gasteiger partial charge in [-0.05, 0) is 48.3 Å². The molecule has 0 radical (unpaired) electrons. The predicted octanol–water partition coefficient (Wildman–Crippen LogP) is 8.55. The quantitative estimate of drug-likeness (QED) is 0.519. The summed E-state index contributed by atoms with van der Waals surface area (Å²) < 4.78 is 0. The van der Waals surface area contributed by atoms with Gasteiger partial charge in [0.15, 0.2) is 0 Å². The number of hydrogen-bond donors (Lipinski definition) is 0. The molecule has 2 rings (SSSR count). The van der Waals surface area contributed by atoms with Gasteiger partial charge in [0.2, 0.25) is 0 Å². The van der Waals surface area contributed by atoms with Crippen LogP contribution in [0.5, 0.6) is 0 Å². The largest absolute Gasteiger partial charge is 0.0955 e. The Morgan fingerprint density at radius 1 is 0.923 bits per heavy atom. The lowest BCUT2D eigenvalue weighted by atomic mass is 9.86. The van der Waals surface area contributed by atoms with Crippen LogP contribution in [-0.2, 0) is 5.41 Å². The minimum atomic E-state index is 0.244. The van der Waals surface area contributed by atoms with E-state index in [-0.39, 0.29) is 5.41 Å². The van der Waals surface area contributed by atoms with Crippen LogP contribution < -0.4 is 0 Å². The maximum atomic E-state index is 3.92. The molecule has 2 aromatic carbocycles. The molecule has 0 heterocycles. The van der Waals surface area contributed by atoms with Gasteiger partial charge in [-0.1, -0.05) is 115 Å². The van der Waals surface area contributed by atoms with Crippen molar-refractivity contribution in [2.75, 3.05) is 0 Å². The van der Waals surface area contributed by atoms with E-state index in [4.69, 9.17) is 0 Å². The average Bonchev–Trinajstić information content (AvgIpc) is 2.63. The highest BCUT2D eigenvalue weighted by Crippen LogP contribution is 2.23. The average molecular weight is 353 g/mol. The first kappa shape index (κ1) is 24.2. The van der Waals surface area contributed by atoms with Crippen LogP contribution in [0.1, 0.15) is 90.0 Å². The fourth-order valence-electron chi connectivity index (χ4n) is 2.39. The van der Waals surface area contributed by atoms with Crippen LogP contribution in [0.2, 0.25) is 0 Å². The van der Waals surface area contributed by atoms with Gasteiger partial charge in [0, 0.05) is 0 Å². The van der Waals surface area contributed by atoms with Crippen molar-refractivity contribution in [1.29, 1.82) is 0 Å². The fraction of sp³-hybridized carbons (Fsp3) is 0.462. The zero-order valence-electron chi connectivity index (χ0n) is 18.6. The maximum absolute atomic E-state index is 3.92. The SMILES string of the molecule is C=C(C)c1ccc(C(C)(C)C)cc1.CC.CCC(C)c1ccc(C)cc1. The van der Waals surface area contributed by atoms with Gasteiger partial charge in [0.05, 0.1) is 0 Å². The second kappa shape index (κ2) is 11.7. The number of rotatable bonds is 3. The molecule has 2 aromatic rings. The molecule has 0 saturated carbocycles. The molecule has 0 saturated heterocycles. The lowest BCUT2D eigenvalue weighted by Gasteiger charge is -2.19. The molecular formula is C26H40. The zero-order valence-corrected chi connectivity index (χ0v) is 18.6. The Bertz CT molecular complexity index is 621. The Kier molecular flexibility index (Phi) is 10.9. The van der Waals surface area contributed by atoms with Crippen molar-refractivity contribution in [3.63, 3.8) is 0 Å². The first-order chi connectivity index (χ1) is 12.1. The maximum Gasteiger partial charge on any atom is -0.0132 e. The van der Waals surface area contributed by atoms with E-state index in [9.17, 15) is 0 Å². The molecule has 0 aliphatic heterocycles. The van der Waals surface area contributed by atoms with Crippen molar-refractivity contribution >= 4 is 5.57 Å². The molecule has 1 atom stereocenters. The van der Waals surface area contributed by atoms with Crippen molar-refractivity contribution in [3.8, 4) is 0 Å². The van der Waals surface area contributed by atoms with Gasteiger partial charge in [-0.15, -0.1) is 0 Å². The van der Waals surface area contributed by atoms with Crippen LogP contribution in [0.25, 0.3) is 5.57 Å². The Morgan fingerprint density at radius 3 is 1.73 bits per heavy atom. The van der Waals surface area contributed by atoms with Crippen LogP contribution in [0.3, 0.4) is 0 Å². The highest BCUT2D eigenvalue weighted by atomic mass is 14.2.